The number of hydrogen-bond donors (Lipinski definition) is 2. The Morgan fingerprint density at radius 2 is 2.14 bits per heavy atom. The highest BCUT2D eigenvalue weighted by Gasteiger charge is 2.40. The molecule has 2 fully saturated rings. The molecule has 2 aliphatic carbocycles. The molecule has 0 aromatic carbocycles. The lowest BCUT2D eigenvalue weighted by Gasteiger charge is -2.43. The molecule has 2 saturated carbocycles. The minimum Gasteiger partial charge on any atom is -0.349 e. The van der Waals surface area contributed by atoms with E-state index >= 15 is 0 Å². The molecular formula is C15H25N5O. The maximum absolute atomic E-state index is 12.4. The summed E-state index contributed by atoms with van der Waals surface area (Å²) >= 11 is 0. The number of fused-ring (bicyclic) bond motifs is 2. The van der Waals surface area contributed by atoms with E-state index in [-0.39, 0.29) is 11.8 Å². The number of carbonyl (C=O) groups is 1. The van der Waals surface area contributed by atoms with Crippen molar-refractivity contribution in [3.63, 3.8) is 0 Å². The summed E-state index contributed by atoms with van der Waals surface area (Å²) in [4.78, 5) is 12.4. The zero-order valence-electron chi connectivity index (χ0n) is 12.7. The average molecular weight is 291 g/mol. The molecule has 1 aromatic heterocycles. The fraction of sp³-hybridized carbons (Fsp3) is 0.800. The second-order valence-corrected chi connectivity index (χ2v) is 6.45. The summed E-state index contributed by atoms with van der Waals surface area (Å²) in [6, 6.07) is 0.311. The van der Waals surface area contributed by atoms with Gasteiger partial charge in [0.2, 0.25) is 5.91 Å². The topological polar surface area (TPSA) is 85.8 Å². The summed E-state index contributed by atoms with van der Waals surface area (Å²) < 4.78 is 1.95. The number of amides is 1. The Morgan fingerprint density at radius 3 is 2.81 bits per heavy atom. The molecule has 0 aliphatic heterocycles. The molecule has 6 heteroatoms. The van der Waals surface area contributed by atoms with Gasteiger partial charge in [0.25, 0.3) is 0 Å². The van der Waals surface area contributed by atoms with Crippen LogP contribution in [-0.2, 0) is 17.9 Å². The number of aryl methyl sites for hydroxylation is 1. The first-order valence-corrected chi connectivity index (χ1v) is 8.09. The van der Waals surface area contributed by atoms with Gasteiger partial charge >= 0.3 is 0 Å². The molecule has 21 heavy (non-hydrogen) atoms. The van der Waals surface area contributed by atoms with Crippen molar-refractivity contribution in [3.05, 3.63) is 12.2 Å². The van der Waals surface area contributed by atoms with Crippen molar-refractivity contribution in [1.29, 1.82) is 0 Å². The summed E-state index contributed by atoms with van der Waals surface area (Å²) in [6.07, 6.45) is 7.24. The highest BCUT2D eigenvalue weighted by Crippen LogP contribution is 2.41. The smallest absolute Gasteiger partial charge is 0.223 e. The van der Waals surface area contributed by atoms with Crippen LogP contribution in [0.5, 0.6) is 0 Å². The molecule has 6 nitrogen and oxygen atoms in total. The third kappa shape index (κ3) is 2.95. The standard InChI is InChI=1S/C15H25N5O/c1-2-20-9-18-19-13(20)8-17-15(21)12-6-10-4-3-5-11(7-12)14(10)16/h9-12,14H,2-8,16H2,1H3,(H,17,21). The average Bonchev–Trinajstić information content (AvgIpc) is 2.92. The minimum absolute atomic E-state index is 0.123. The Hall–Kier alpha value is -1.43. The van der Waals surface area contributed by atoms with E-state index in [0.717, 1.165) is 25.2 Å². The van der Waals surface area contributed by atoms with Gasteiger partial charge in [-0.15, -0.1) is 10.2 Å². The second kappa shape index (κ2) is 6.13. The Labute approximate surface area is 125 Å². The van der Waals surface area contributed by atoms with Crippen molar-refractivity contribution >= 4 is 5.91 Å². The summed E-state index contributed by atoms with van der Waals surface area (Å²) in [6.45, 7) is 3.32. The van der Waals surface area contributed by atoms with Gasteiger partial charge in [-0.05, 0) is 44.4 Å². The number of hydrogen-bond acceptors (Lipinski definition) is 4. The van der Waals surface area contributed by atoms with Crippen LogP contribution < -0.4 is 11.1 Å². The van der Waals surface area contributed by atoms with Crippen LogP contribution in [0.15, 0.2) is 6.33 Å². The van der Waals surface area contributed by atoms with E-state index in [9.17, 15) is 4.79 Å². The van der Waals surface area contributed by atoms with E-state index in [1.165, 1.54) is 19.3 Å². The van der Waals surface area contributed by atoms with E-state index in [0.29, 0.717) is 24.4 Å². The van der Waals surface area contributed by atoms with Gasteiger partial charge in [0.15, 0.2) is 5.82 Å². The normalized spacial score (nSPS) is 31.9. The van der Waals surface area contributed by atoms with Crippen molar-refractivity contribution < 1.29 is 4.79 Å². The molecule has 0 spiro atoms. The molecule has 2 atom stereocenters. The first-order chi connectivity index (χ1) is 10.2. The Balaban J connectivity index is 1.56. The predicted molar refractivity (Wildman–Crippen MR) is 79.1 cm³/mol. The van der Waals surface area contributed by atoms with Gasteiger partial charge in [0.1, 0.15) is 6.33 Å². The molecule has 1 amide bonds. The van der Waals surface area contributed by atoms with E-state index < -0.39 is 0 Å². The lowest BCUT2D eigenvalue weighted by atomic mass is 9.65. The number of aromatic nitrogens is 3. The lowest BCUT2D eigenvalue weighted by Crippen LogP contribution is -2.49. The molecule has 3 N–H and O–H groups in total. The van der Waals surface area contributed by atoms with Crippen molar-refractivity contribution in [2.45, 2.75) is 58.2 Å². The fourth-order valence-electron chi connectivity index (χ4n) is 3.99. The van der Waals surface area contributed by atoms with E-state index in [2.05, 4.69) is 15.5 Å². The van der Waals surface area contributed by atoms with E-state index in [1.807, 2.05) is 11.5 Å². The van der Waals surface area contributed by atoms with Crippen LogP contribution in [0.4, 0.5) is 0 Å². The quantitative estimate of drug-likeness (QED) is 0.869. The Bertz CT molecular complexity index is 486. The third-order valence-electron chi connectivity index (χ3n) is 5.24. The molecular weight excluding hydrogens is 266 g/mol. The molecule has 1 heterocycles. The summed E-state index contributed by atoms with van der Waals surface area (Å²) in [5.74, 6) is 2.17. The van der Waals surface area contributed by atoms with Gasteiger partial charge in [0.05, 0.1) is 6.54 Å². The number of rotatable bonds is 4. The van der Waals surface area contributed by atoms with Gasteiger partial charge in [0, 0.05) is 18.5 Å². The highest BCUT2D eigenvalue weighted by atomic mass is 16.1. The number of nitrogens with two attached hydrogens (primary N) is 1. The Morgan fingerprint density at radius 1 is 1.43 bits per heavy atom. The molecule has 0 saturated heterocycles. The molecule has 2 aliphatic rings. The van der Waals surface area contributed by atoms with E-state index in [1.54, 1.807) is 6.33 Å². The van der Waals surface area contributed by atoms with Crippen LogP contribution in [0.3, 0.4) is 0 Å². The number of carbonyl (C=O) groups excluding carboxylic acids is 1. The molecule has 3 rings (SSSR count). The Kier molecular flexibility index (Phi) is 4.24. The number of nitrogens with zero attached hydrogens (tertiary/aromatic N) is 3. The van der Waals surface area contributed by atoms with Crippen molar-refractivity contribution in [3.8, 4) is 0 Å². The third-order valence-corrected chi connectivity index (χ3v) is 5.24. The summed E-state index contributed by atoms with van der Waals surface area (Å²) in [7, 11) is 0. The van der Waals surface area contributed by atoms with Crippen LogP contribution in [0.25, 0.3) is 0 Å². The van der Waals surface area contributed by atoms with Gasteiger partial charge in [-0.3, -0.25) is 4.79 Å². The van der Waals surface area contributed by atoms with Crippen molar-refractivity contribution in [2.24, 2.45) is 23.5 Å². The highest BCUT2D eigenvalue weighted by molar-refractivity contribution is 5.78. The molecule has 1 aromatic rings. The molecule has 0 radical (unpaired) electrons. The zero-order valence-corrected chi connectivity index (χ0v) is 12.7. The van der Waals surface area contributed by atoms with Crippen LogP contribution in [0, 0.1) is 17.8 Å². The monoisotopic (exact) mass is 291 g/mol. The van der Waals surface area contributed by atoms with Gasteiger partial charge in [-0.25, -0.2) is 0 Å². The summed E-state index contributed by atoms with van der Waals surface area (Å²) in [5, 5.41) is 11.0. The molecule has 2 bridgehead atoms. The maximum Gasteiger partial charge on any atom is 0.223 e. The predicted octanol–water partition coefficient (Wildman–Crippen LogP) is 1.07. The SMILES string of the molecule is CCn1cnnc1CNC(=O)C1CC2CCCC(C1)C2N. The van der Waals surface area contributed by atoms with Gasteiger partial charge in [-0.1, -0.05) is 6.42 Å². The lowest BCUT2D eigenvalue weighted by molar-refractivity contribution is -0.128. The minimum atomic E-state index is 0.123. The zero-order chi connectivity index (χ0) is 14.8. The van der Waals surface area contributed by atoms with Crippen LogP contribution in [-0.4, -0.2) is 26.7 Å². The first-order valence-electron chi connectivity index (χ1n) is 8.09. The second-order valence-electron chi connectivity index (χ2n) is 6.45. The largest absolute Gasteiger partial charge is 0.349 e. The summed E-state index contributed by atoms with van der Waals surface area (Å²) in [5.41, 5.74) is 6.28. The van der Waals surface area contributed by atoms with E-state index in [4.69, 9.17) is 5.73 Å². The molecule has 116 valence electrons. The van der Waals surface area contributed by atoms with Gasteiger partial charge < -0.3 is 15.6 Å². The van der Waals surface area contributed by atoms with Crippen LogP contribution in [0.1, 0.15) is 44.9 Å². The van der Waals surface area contributed by atoms with Crippen LogP contribution >= 0.6 is 0 Å². The molecule has 2 unspecified atom stereocenters. The van der Waals surface area contributed by atoms with Crippen LogP contribution in [0.2, 0.25) is 0 Å². The fourth-order valence-corrected chi connectivity index (χ4v) is 3.99. The van der Waals surface area contributed by atoms with Gasteiger partial charge in [-0.2, -0.15) is 0 Å². The van der Waals surface area contributed by atoms with Crippen molar-refractivity contribution in [2.75, 3.05) is 0 Å². The first kappa shape index (κ1) is 14.5. The van der Waals surface area contributed by atoms with Crippen molar-refractivity contribution in [1.82, 2.24) is 20.1 Å². The number of nitrogens with one attached hydrogen (secondary N) is 1. The maximum atomic E-state index is 12.4.